The molecule has 0 fully saturated rings. The fourth-order valence-corrected chi connectivity index (χ4v) is 0.960. The van der Waals surface area contributed by atoms with Crippen molar-refractivity contribution >= 4 is 5.78 Å². The zero-order valence-electron chi connectivity index (χ0n) is 7.63. The number of hydrogen-bond donors (Lipinski definition) is 1. The fraction of sp³-hybridized carbons (Fsp3) is 0.889. The van der Waals surface area contributed by atoms with Crippen LogP contribution in [0.15, 0.2) is 0 Å². The highest BCUT2D eigenvalue weighted by Crippen LogP contribution is 2.08. The number of aliphatic hydroxyl groups excluding tert-OH is 1. The van der Waals surface area contributed by atoms with E-state index in [0.717, 1.165) is 12.8 Å². The van der Waals surface area contributed by atoms with E-state index in [1.807, 2.05) is 0 Å². The number of hydrogen-bond acceptors (Lipinski definition) is 2. The molecule has 0 amide bonds. The first-order valence-electron chi connectivity index (χ1n) is 4.20. The van der Waals surface area contributed by atoms with E-state index in [2.05, 4.69) is 13.8 Å². The molecule has 1 atom stereocenters. The molecule has 11 heavy (non-hydrogen) atoms. The van der Waals surface area contributed by atoms with Gasteiger partial charge in [-0.2, -0.15) is 0 Å². The topological polar surface area (TPSA) is 37.3 Å². The van der Waals surface area contributed by atoms with Gasteiger partial charge in [-0.25, -0.2) is 0 Å². The van der Waals surface area contributed by atoms with E-state index in [1.165, 1.54) is 6.92 Å². The van der Waals surface area contributed by atoms with E-state index >= 15 is 0 Å². The van der Waals surface area contributed by atoms with Crippen LogP contribution >= 0.6 is 0 Å². The van der Waals surface area contributed by atoms with Gasteiger partial charge in [0.05, 0.1) is 6.10 Å². The van der Waals surface area contributed by atoms with E-state index in [9.17, 15) is 9.90 Å². The Kier molecular flexibility index (Phi) is 5.12. The quantitative estimate of drug-likeness (QED) is 0.662. The molecule has 1 unspecified atom stereocenters. The summed E-state index contributed by atoms with van der Waals surface area (Å²) < 4.78 is 0. The molecule has 0 aromatic rings. The second-order valence-corrected chi connectivity index (χ2v) is 3.53. The van der Waals surface area contributed by atoms with Crippen molar-refractivity contribution < 1.29 is 9.90 Å². The maximum atomic E-state index is 10.5. The smallest absolute Gasteiger partial charge is 0.132 e. The Hall–Kier alpha value is -0.370. The van der Waals surface area contributed by atoms with Crippen LogP contribution in [0.3, 0.4) is 0 Å². The predicted molar refractivity (Wildman–Crippen MR) is 45.4 cm³/mol. The largest absolute Gasteiger partial charge is 0.393 e. The molecular formula is C9H18O2. The lowest BCUT2D eigenvalue weighted by Gasteiger charge is -2.09. The molecule has 1 N–H and O–H groups in total. The number of carbonyl (C=O) groups excluding carboxylic acids is 1. The molecule has 0 bridgehead atoms. The van der Waals surface area contributed by atoms with Gasteiger partial charge in [-0.15, -0.1) is 0 Å². The predicted octanol–water partition coefficient (Wildman–Crippen LogP) is 1.76. The van der Waals surface area contributed by atoms with Gasteiger partial charge in [-0.05, 0) is 25.7 Å². The summed E-state index contributed by atoms with van der Waals surface area (Å²) in [6.45, 7) is 5.74. The first-order chi connectivity index (χ1) is 5.02. The first-order valence-corrected chi connectivity index (χ1v) is 4.20. The summed E-state index contributed by atoms with van der Waals surface area (Å²) in [6, 6.07) is 0. The van der Waals surface area contributed by atoms with Crippen molar-refractivity contribution in [3.8, 4) is 0 Å². The van der Waals surface area contributed by atoms with E-state index in [0.29, 0.717) is 12.3 Å². The molecule has 0 saturated carbocycles. The third-order valence-corrected chi connectivity index (χ3v) is 1.60. The lowest BCUT2D eigenvalue weighted by Crippen LogP contribution is -2.11. The summed E-state index contributed by atoms with van der Waals surface area (Å²) in [5.41, 5.74) is 0. The van der Waals surface area contributed by atoms with Crippen molar-refractivity contribution in [2.24, 2.45) is 5.92 Å². The normalized spacial score (nSPS) is 13.5. The van der Waals surface area contributed by atoms with E-state index in [1.54, 1.807) is 0 Å². The Labute approximate surface area is 68.6 Å². The summed E-state index contributed by atoms with van der Waals surface area (Å²) in [4.78, 5) is 10.5. The average molecular weight is 158 g/mol. The Morgan fingerprint density at radius 2 is 1.91 bits per heavy atom. The zero-order valence-corrected chi connectivity index (χ0v) is 7.63. The molecule has 2 heteroatoms. The van der Waals surface area contributed by atoms with E-state index in [4.69, 9.17) is 0 Å². The Morgan fingerprint density at radius 3 is 2.27 bits per heavy atom. The molecule has 0 aliphatic carbocycles. The van der Waals surface area contributed by atoms with Crippen molar-refractivity contribution in [1.29, 1.82) is 0 Å². The number of rotatable bonds is 5. The molecule has 0 saturated heterocycles. The van der Waals surface area contributed by atoms with Crippen molar-refractivity contribution in [1.82, 2.24) is 0 Å². The maximum Gasteiger partial charge on any atom is 0.132 e. The minimum atomic E-state index is -0.421. The van der Waals surface area contributed by atoms with Gasteiger partial charge in [0.2, 0.25) is 0 Å². The third kappa shape index (κ3) is 7.53. The molecule has 0 rings (SSSR count). The van der Waals surface area contributed by atoms with Gasteiger partial charge >= 0.3 is 0 Å². The minimum absolute atomic E-state index is 0.0706. The number of ketones is 1. The van der Waals surface area contributed by atoms with Crippen molar-refractivity contribution in [2.45, 2.75) is 46.1 Å². The number of aliphatic hydroxyl groups is 1. The molecule has 0 aromatic carbocycles. The summed E-state index contributed by atoms with van der Waals surface area (Å²) in [5.74, 6) is 0.679. The van der Waals surface area contributed by atoms with Gasteiger partial charge < -0.3 is 5.11 Å². The molecule has 0 heterocycles. The van der Waals surface area contributed by atoms with Crippen LogP contribution in [0.5, 0.6) is 0 Å². The molecule has 2 nitrogen and oxygen atoms in total. The van der Waals surface area contributed by atoms with Gasteiger partial charge in [-0.1, -0.05) is 13.8 Å². The maximum absolute atomic E-state index is 10.5. The minimum Gasteiger partial charge on any atom is -0.393 e. The Morgan fingerprint density at radius 1 is 1.36 bits per heavy atom. The van der Waals surface area contributed by atoms with Crippen LogP contribution in [-0.4, -0.2) is 17.0 Å². The Balaban J connectivity index is 3.37. The van der Waals surface area contributed by atoms with Gasteiger partial charge in [0.15, 0.2) is 0 Å². The molecule has 0 radical (unpaired) electrons. The monoisotopic (exact) mass is 158 g/mol. The van der Waals surface area contributed by atoms with Crippen LogP contribution in [0, 0.1) is 5.92 Å². The van der Waals surface area contributed by atoms with Gasteiger partial charge in [0.1, 0.15) is 5.78 Å². The highest BCUT2D eigenvalue weighted by atomic mass is 16.3. The van der Waals surface area contributed by atoms with Crippen LogP contribution in [-0.2, 0) is 4.79 Å². The highest BCUT2D eigenvalue weighted by molar-refractivity contribution is 5.75. The molecule has 0 spiro atoms. The molecule has 0 aromatic heterocycles. The molecular weight excluding hydrogens is 140 g/mol. The van der Waals surface area contributed by atoms with Crippen molar-refractivity contribution in [2.75, 3.05) is 0 Å². The SMILES string of the molecule is CC(=O)CC(O)CCC(C)C. The molecule has 0 aliphatic heterocycles. The van der Waals surface area contributed by atoms with Gasteiger partial charge in [0, 0.05) is 6.42 Å². The summed E-state index contributed by atoms with van der Waals surface area (Å²) in [5, 5.41) is 9.25. The summed E-state index contributed by atoms with van der Waals surface area (Å²) in [6.07, 6.45) is 1.63. The first kappa shape index (κ1) is 10.6. The summed E-state index contributed by atoms with van der Waals surface area (Å²) >= 11 is 0. The van der Waals surface area contributed by atoms with E-state index in [-0.39, 0.29) is 5.78 Å². The van der Waals surface area contributed by atoms with Gasteiger partial charge in [0.25, 0.3) is 0 Å². The Bertz CT molecular complexity index is 119. The second kappa shape index (κ2) is 5.30. The molecule has 0 aliphatic rings. The fourth-order valence-electron chi connectivity index (χ4n) is 0.960. The van der Waals surface area contributed by atoms with Crippen LogP contribution in [0.25, 0.3) is 0 Å². The highest BCUT2D eigenvalue weighted by Gasteiger charge is 2.07. The van der Waals surface area contributed by atoms with Crippen molar-refractivity contribution in [3.63, 3.8) is 0 Å². The van der Waals surface area contributed by atoms with Crippen LogP contribution in [0.2, 0.25) is 0 Å². The lowest BCUT2D eigenvalue weighted by atomic mass is 10.0. The summed E-state index contributed by atoms with van der Waals surface area (Å²) in [7, 11) is 0. The van der Waals surface area contributed by atoms with Crippen molar-refractivity contribution in [3.05, 3.63) is 0 Å². The zero-order chi connectivity index (χ0) is 8.85. The van der Waals surface area contributed by atoms with Crippen LogP contribution in [0.4, 0.5) is 0 Å². The third-order valence-electron chi connectivity index (χ3n) is 1.60. The van der Waals surface area contributed by atoms with Gasteiger partial charge in [-0.3, -0.25) is 4.79 Å². The number of carbonyl (C=O) groups is 1. The second-order valence-electron chi connectivity index (χ2n) is 3.53. The molecule has 66 valence electrons. The van der Waals surface area contributed by atoms with E-state index < -0.39 is 6.10 Å². The number of Topliss-reactive ketones (excluding diaryl/α,β-unsaturated/α-hetero) is 1. The van der Waals surface area contributed by atoms with Crippen LogP contribution in [0.1, 0.15) is 40.0 Å². The van der Waals surface area contributed by atoms with Crippen LogP contribution < -0.4 is 0 Å². The average Bonchev–Trinajstić information content (AvgIpc) is 1.82. The standard InChI is InChI=1S/C9H18O2/c1-7(2)4-5-9(11)6-8(3)10/h7,9,11H,4-6H2,1-3H3. The lowest BCUT2D eigenvalue weighted by molar-refractivity contribution is -0.118.